The van der Waals surface area contributed by atoms with Crippen LogP contribution in [0.1, 0.15) is 40.5 Å². The van der Waals surface area contributed by atoms with Crippen molar-refractivity contribution in [3.8, 4) is 0 Å². The first-order chi connectivity index (χ1) is 6.56. The molecule has 3 heteroatoms. The zero-order valence-corrected chi connectivity index (χ0v) is 10.1. The molecule has 0 rings (SSSR count). The zero-order chi connectivity index (χ0) is 11.1. The van der Waals surface area contributed by atoms with Crippen molar-refractivity contribution in [2.45, 2.75) is 40.5 Å². The highest BCUT2D eigenvalue weighted by Gasteiger charge is 2.09. The van der Waals surface area contributed by atoms with Crippen LogP contribution < -0.4 is 0 Å². The Balaban J connectivity index is 5.02. The van der Waals surface area contributed by atoms with Crippen LogP contribution in [0.4, 0.5) is 0 Å². The Kier molecular flexibility index (Phi) is 6.31. The van der Waals surface area contributed by atoms with Gasteiger partial charge in [-0.3, -0.25) is 9.36 Å². The van der Waals surface area contributed by atoms with Crippen LogP contribution >= 0.6 is 8.46 Å². The molecule has 0 fully saturated rings. The summed E-state index contributed by atoms with van der Waals surface area (Å²) in [4.78, 5) is 11.2. The SMILES string of the molecule is CC/C(C)=C\C(C)=C(/CC)C(=O)P=O. The molecule has 0 heterocycles. The average molecular weight is 212 g/mol. The van der Waals surface area contributed by atoms with Gasteiger partial charge in [0.05, 0.1) is 0 Å². The molecule has 0 saturated heterocycles. The van der Waals surface area contributed by atoms with Gasteiger partial charge < -0.3 is 0 Å². The van der Waals surface area contributed by atoms with Crippen LogP contribution in [0.2, 0.25) is 0 Å². The topological polar surface area (TPSA) is 34.1 Å². The maximum atomic E-state index is 11.2. The minimum atomic E-state index is -0.411. The maximum absolute atomic E-state index is 11.2. The van der Waals surface area contributed by atoms with Crippen molar-refractivity contribution in [1.82, 2.24) is 0 Å². The molecular weight excluding hydrogens is 195 g/mol. The summed E-state index contributed by atoms with van der Waals surface area (Å²) in [6.45, 7) is 7.88. The van der Waals surface area contributed by atoms with Crippen LogP contribution in [0.5, 0.6) is 0 Å². The summed E-state index contributed by atoms with van der Waals surface area (Å²) in [6.07, 6.45) is 3.59. The van der Waals surface area contributed by atoms with E-state index in [4.69, 9.17) is 0 Å². The normalized spacial score (nSPS) is 14.1. The molecule has 14 heavy (non-hydrogen) atoms. The van der Waals surface area contributed by atoms with Crippen molar-refractivity contribution in [2.24, 2.45) is 0 Å². The minimum Gasteiger partial charge on any atom is -0.281 e. The van der Waals surface area contributed by atoms with E-state index >= 15 is 0 Å². The van der Waals surface area contributed by atoms with Gasteiger partial charge in [0.25, 0.3) is 0 Å². The summed E-state index contributed by atoms with van der Waals surface area (Å²) in [5.74, 6) is 0. The highest BCUT2D eigenvalue weighted by atomic mass is 31.1. The van der Waals surface area contributed by atoms with Crippen LogP contribution in [0.25, 0.3) is 0 Å². The average Bonchev–Trinajstić information content (AvgIpc) is 2.18. The van der Waals surface area contributed by atoms with Gasteiger partial charge in [-0.1, -0.05) is 25.5 Å². The lowest BCUT2D eigenvalue weighted by Gasteiger charge is -2.03. The molecule has 0 aromatic carbocycles. The van der Waals surface area contributed by atoms with E-state index in [-0.39, 0.29) is 5.52 Å². The molecule has 78 valence electrons. The minimum absolute atomic E-state index is 0.301. The predicted molar refractivity (Wildman–Crippen MR) is 59.7 cm³/mol. The van der Waals surface area contributed by atoms with Gasteiger partial charge in [-0.25, -0.2) is 0 Å². The van der Waals surface area contributed by atoms with Gasteiger partial charge in [0.2, 0.25) is 14.0 Å². The van der Waals surface area contributed by atoms with Gasteiger partial charge >= 0.3 is 0 Å². The van der Waals surface area contributed by atoms with Crippen molar-refractivity contribution in [2.75, 3.05) is 0 Å². The van der Waals surface area contributed by atoms with E-state index in [0.29, 0.717) is 12.0 Å². The molecule has 0 aliphatic carbocycles. The van der Waals surface area contributed by atoms with Crippen molar-refractivity contribution in [1.29, 1.82) is 0 Å². The fraction of sp³-hybridized carbons (Fsp3) is 0.545. The summed E-state index contributed by atoms with van der Waals surface area (Å²) in [7, 11) is -0.411. The Hall–Kier alpha value is -0.750. The van der Waals surface area contributed by atoms with E-state index in [0.717, 1.165) is 12.0 Å². The molecule has 0 saturated carbocycles. The van der Waals surface area contributed by atoms with E-state index in [1.54, 1.807) is 0 Å². The van der Waals surface area contributed by atoms with Crippen molar-refractivity contribution in [3.63, 3.8) is 0 Å². The molecule has 0 unspecified atom stereocenters. The number of hydrogen-bond donors (Lipinski definition) is 0. The fourth-order valence-corrected chi connectivity index (χ4v) is 1.66. The maximum Gasteiger partial charge on any atom is 0.249 e. The van der Waals surface area contributed by atoms with Crippen molar-refractivity contribution >= 4 is 14.0 Å². The molecule has 0 aliphatic heterocycles. The molecule has 0 N–H and O–H groups in total. The highest BCUT2D eigenvalue weighted by Crippen LogP contribution is 2.18. The second-order valence-electron chi connectivity index (χ2n) is 3.26. The van der Waals surface area contributed by atoms with E-state index in [1.807, 2.05) is 26.8 Å². The van der Waals surface area contributed by atoms with E-state index in [2.05, 4.69) is 6.92 Å². The second kappa shape index (κ2) is 6.67. The standard InChI is InChI=1S/C11H17O2P/c1-5-8(3)7-9(4)10(6-2)11(12)14-13/h7H,5-6H2,1-4H3/b8-7-,10-9+. The monoisotopic (exact) mass is 212 g/mol. The molecule has 0 radical (unpaired) electrons. The number of carbonyl (C=O) groups excluding carboxylic acids is 1. The quantitative estimate of drug-likeness (QED) is 0.393. The summed E-state index contributed by atoms with van der Waals surface area (Å²) in [6, 6.07) is 0. The van der Waals surface area contributed by atoms with Crippen LogP contribution in [-0.2, 0) is 9.36 Å². The Morgan fingerprint density at radius 2 is 1.79 bits per heavy atom. The van der Waals surface area contributed by atoms with E-state index < -0.39 is 8.46 Å². The Morgan fingerprint density at radius 3 is 2.14 bits per heavy atom. The summed E-state index contributed by atoms with van der Waals surface area (Å²) in [5.41, 5.74) is 2.52. The smallest absolute Gasteiger partial charge is 0.249 e. The lowest BCUT2D eigenvalue weighted by molar-refractivity contribution is -0.108. The lowest BCUT2D eigenvalue weighted by Crippen LogP contribution is -1.95. The van der Waals surface area contributed by atoms with Gasteiger partial charge in [-0.05, 0) is 32.3 Å². The Bertz CT molecular complexity index is 288. The molecule has 0 bridgehead atoms. The van der Waals surface area contributed by atoms with Gasteiger partial charge in [0.1, 0.15) is 0 Å². The van der Waals surface area contributed by atoms with E-state index in [9.17, 15) is 9.36 Å². The van der Waals surface area contributed by atoms with Crippen LogP contribution in [-0.4, -0.2) is 5.52 Å². The molecule has 0 atom stereocenters. The van der Waals surface area contributed by atoms with Crippen molar-refractivity contribution in [3.05, 3.63) is 22.8 Å². The first-order valence-corrected chi connectivity index (χ1v) is 5.62. The number of rotatable bonds is 5. The first-order valence-electron chi connectivity index (χ1n) is 4.81. The fourth-order valence-electron chi connectivity index (χ4n) is 1.21. The van der Waals surface area contributed by atoms with Crippen molar-refractivity contribution < 1.29 is 9.36 Å². The lowest BCUT2D eigenvalue weighted by atomic mass is 10.1. The van der Waals surface area contributed by atoms with E-state index in [1.165, 1.54) is 5.57 Å². The summed E-state index contributed by atoms with van der Waals surface area (Å²) < 4.78 is 10.5. The molecular formula is C11H17O2P. The van der Waals surface area contributed by atoms with Gasteiger partial charge in [-0.15, -0.1) is 0 Å². The molecule has 2 nitrogen and oxygen atoms in total. The zero-order valence-electron chi connectivity index (χ0n) is 9.26. The molecule has 0 amide bonds. The van der Waals surface area contributed by atoms with Gasteiger partial charge in [0, 0.05) is 5.57 Å². The molecule has 0 aliphatic rings. The number of hydrogen-bond acceptors (Lipinski definition) is 2. The molecule has 0 aromatic rings. The Morgan fingerprint density at radius 1 is 1.21 bits per heavy atom. The van der Waals surface area contributed by atoms with Crippen LogP contribution in [0, 0.1) is 0 Å². The van der Waals surface area contributed by atoms with Crippen LogP contribution in [0.15, 0.2) is 22.8 Å². The molecule has 0 aromatic heterocycles. The third kappa shape index (κ3) is 3.97. The third-order valence-corrected chi connectivity index (χ3v) is 2.63. The largest absolute Gasteiger partial charge is 0.281 e. The Labute approximate surface area is 87.3 Å². The summed E-state index contributed by atoms with van der Waals surface area (Å²) in [5, 5.41) is 0. The van der Waals surface area contributed by atoms with Crippen LogP contribution in [0.3, 0.4) is 0 Å². The number of allylic oxidation sites excluding steroid dienone is 4. The van der Waals surface area contributed by atoms with Gasteiger partial charge in [-0.2, -0.15) is 0 Å². The summed E-state index contributed by atoms with van der Waals surface area (Å²) >= 11 is 0. The second-order valence-corrected chi connectivity index (χ2v) is 3.84. The first kappa shape index (κ1) is 13.2. The molecule has 0 spiro atoms. The predicted octanol–water partition coefficient (Wildman–Crippen LogP) is 3.89. The highest BCUT2D eigenvalue weighted by molar-refractivity contribution is 7.47. The van der Waals surface area contributed by atoms with Gasteiger partial charge in [0.15, 0.2) is 0 Å². The number of carbonyl (C=O) groups is 1. The third-order valence-electron chi connectivity index (χ3n) is 2.19.